The summed E-state index contributed by atoms with van der Waals surface area (Å²) in [7, 11) is 0. The van der Waals surface area contributed by atoms with Crippen molar-refractivity contribution < 1.29 is 27.9 Å². The highest BCUT2D eigenvalue weighted by Gasteiger charge is 2.35. The molecule has 1 aromatic heterocycles. The number of carboxylic acids is 1. The molecule has 5 nitrogen and oxygen atoms in total. The summed E-state index contributed by atoms with van der Waals surface area (Å²) in [5.74, 6) is -2.26. The molecule has 2 N–H and O–H groups in total. The SMILES string of the molecule is O=C(N[C@@H]1CCC[C@H]1C(=O)O)c1ccc(C(F)(F)F)nc1. The Hall–Kier alpha value is -2.12. The third-order valence-corrected chi connectivity index (χ3v) is 3.47. The fourth-order valence-corrected chi connectivity index (χ4v) is 2.38. The Labute approximate surface area is 118 Å². The van der Waals surface area contributed by atoms with Crippen LogP contribution in [0.4, 0.5) is 13.2 Å². The molecule has 1 saturated carbocycles. The van der Waals surface area contributed by atoms with Crippen LogP contribution in [0.15, 0.2) is 18.3 Å². The lowest BCUT2D eigenvalue weighted by atomic mass is 10.0. The Balaban J connectivity index is 2.05. The molecule has 0 radical (unpaired) electrons. The van der Waals surface area contributed by atoms with Crippen LogP contribution >= 0.6 is 0 Å². The number of carbonyl (C=O) groups is 2. The highest BCUT2D eigenvalue weighted by molar-refractivity contribution is 5.94. The number of pyridine rings is 1. The van der Waals surface area contributed by atoms with Gasteiger partial charge in [-0.05, 0) is 25.0 Å². The van der Waals surface area contributed by atoms with Gasteiger partial charge in [0, 0.05) is 12.2 Å². The number of aromatic nitrogens is 1. The van der Waals surface area contributed by atoms with Crippen molar-refractivity contribution in [2.24, 2.45) is 5.92 Å². The molecule has 2 atom stereocenters. The quantitative estimate of drug-likeness (QED) is 0.896. The predicted octanol–water partition coefficient (Wildman–Crippen LogP) is 2.08. The summed E-state index contributed by atoms with van der Waals surface area (Å²) in [6.45, 7) is 0. The lowest BCUT2D eigenvalue weighted by molar-refractivity contribution is -0.142. The van der Waals surface area contributed by atoms with Gasteiger partial charge in [0.25, 0.3) is 5.91 Å². The molecule has 0 bridgehead atoms. The van der Waals surface area contributed by atoms with Gasteiger partial charge in [-0.2, -0.15) is 13.2 Å². The Morgan fingerprint density at radius 1 is 1.29 bits per heavy atom. The van der Waals surface area contributed by atoms with Gasteiger partial charge in [0.2, 0.25) is 0 Å². The number of rotatable bonds is 3. The van der Waals surface area contributed by atoms with Crippen molar-refractivity contribution in [3.63, 3.8) is 0 Å². The molecule has 0 aliphatic heterocycles. The number of halogens is 3. The van der Waals surface area contributed by atoms with E-state index in [9.17, 15) is 22.8 Å². The van der Waals surface area contributed by atoms with E-state index in [1.807, 2.05) is 0 Å². The van der Waals surface area contributed by atoms with Crippen LogP contribution in [0.5, 0.6) is 0 Å². The van der Waals surface area contributed by atoms with Crippen LogP contribution in [0.25, 0.3) is 0 Å². The minimum atomic E-state index is -4.56. The Kier molecular flexibility index (Phi) is 4.15. The molecule has 0 spiro atoms. The van der Waals surface area contributed by atoms with Crippen molar-refractivity contribution in [1.29, 1.82) is 0 Å². The highest BCUT2D eigenvalue weighted by Crippen LogP contribution is 2.28. The summed E-state index contributed by atoms with van der Waals surface area (Å²) in [6, 6.07) is 1.24. The number of nitrogens with zero attached hydrogens (tertiary/aromatic N) is 1. The zero-order valence-electron chi connectivity index (χ0n) is 10.9. The molecule has 1 aliphatic carbocycles. The molecular formula is C13H13F3N2O3. The van der Waals surface area contributed by atoms with Crippen molar-refractivity contribution >= 4 is 11.9 Å². The standard InChI is InChI=1S/C13H13F3N2O3/c14-13(15,16)10-5-4-7(6-17-10)11(19)18-9-3-1-2-8(9)12(20)21/h4-6,8-9H,1-3H2,(H,18,19)(H,20,21)/t8-,9-/m1/s1. The fourth-order valence-electron chi connectivity index (χ4n) is 2.38. The van der Waals surface area contributed by atoms with E-state index in [1.54, 1.807) is 0 Å². The first-order chi connectivity index (χ1) is 9.79. The minimum Gasteiger partial charge on any atom is -0.481 e. The van der Waals surface area contributed by atoms with Crippen LogP contribution in [0.1, 0.15) is 35.3 Å². The number of alkyl halides is 3. The van der Waals surface area contributed by atoms with Crippen LogP contribution < -0.4 is 5.32 Å². The third-order valence-electron chi connectivity index (χ3n) is 3.47. The van der Waals surface area contributed by atoms with Gasteiger partial charge in [0.05, 0.1) is 11.5 Å². The van der Waals surface area contributed by atoms with Crippen molar-refractivity contribution in [2.45, 2.75) is 31.5 Å². The van der Waals surface area contributed by atoms with Crippen molar-refractivity contribution in [3.05, 3.63) is 29.6 Å². The first-order valence-electron chi connectivity index (χ1n) is 6.36. The van der Waals surface area contributed by atoms with Gasteiger partial charge in [-0.1, -0.05) is 6.42 Å². The monoisotopic (exact) mass is 302 g/mol. The van der Waals surface area contributed by atoms with Crippen LogP contribution in [0.2, 0.25) is 0 Å². The van der Waals surface area contributed by atoms with E-state index in [1.165, 1.54) is 0 Å². The van der Waals surface area contributed by atoms with E-state index >= 15 is 0 Å². The number of carbonyl (C=O) groups excluding carboxylic acids is 1. The molecule has 2 rings (SSSR count). The average molecular weight is 302 g/mol. The van der Waals surface area contributed by atoms with E-state index in [-0.39, 0.29) is 5.56 Å². The van der Waals surface area contributed by atoms with Gasteiger partial charge >= 0.3 is 12.1 Å². The normalized spacial score (nSPS) is 22.0. The summed E-state index contributed by atoms with van der Waals surface area (Å²) >= 11 is 0. The largest absolute Gasteiger partial charge is 0.481 e. The molecule has 21 heavy (non-hydrogen) atoms. The van der Waals surface area contributed by atoms with Crippen molar-refractivity contribution in [3.8, 4) is 0 Å². The third kappa shape index (κ3) is 3.50. The molecule has 1 heterocycles. The summed E-state index contributed by atoms with van der Waals surface area (Å²) < 4.78 is 37.1. The van der Waals surface area contributed by atoms with E-state index in [0.29, 0.717) is 19.3 Å². The predicted molar refractivity (Wildman–Crippen MR) is 65.5 cm³/mol. The fraction of sp³-hybridized carbons (Fsp3) is 0.462. The lowest BCUT2D eigenvalue weighted by Gasteiger charge is -2.17. The zero-order valence-corrected chi connectivity index (χ0v) is 10.9. The first-order valence-corrected chi connectivity index (χ1v) is 6.36. The second-order valence-corrected chi connectivity index (χ2v) is 4.89. The molecule has 8 heteroatoms. The highest BCUT2D eigenvalue weighted by atomic mass is 19.4. The molecule has 0 aromatic carbocycles. The number of aliphatic carboxylic acids is 1. The smallest absolute Gasteiger partial charge is 0.433 e. The number of amides is 1. The summed E-state index contributed by atoms with van der Waals surface area (Å²) in [5, 5.41) is 11.5. The van der Waals surface area contributed by atoms with Crippen molar-refractivity contribution in [1.82, 2.24) is 10.3 Å². The van der Waals surface area contributed by atoms with Gasteiger partial charge in [0.1, 0.15) is 5.69 Å². The Bertz CT molecular complexity index is 543. The topological polar surface area (TPSA) is 79.3 Å². The number of nitrogens with one attached hydrogen (secondary N) is 1. The van der Waals surface area contributed by atoms with Gasteiger partial charge in [0.15, 0.2) is 0 Å². The molecule has 0 unspecified atom stereocenters. The molecular weight excluding hydrogens is 289 g/mol. The van der Waals surface area contributed by atoms with E-state index < -0.39 is 35.7 Å². The van der Waals surface area contributed by atoms with Crippen LogP contribution in [-0.4, -0.2) is 28.0 Å². The molecule has 1 fully saturated rings. The second-order valence-electron chi connectivity index (χ2n) is 4.89. The zero-order chi connectivity index (χ0) is 15.6. The molecule has 114 valence electrons. The van der Waals surface area contributed by atoms with Gasteiger partial charge in [-0.25, -0.2) is 0 Å². The Morgan fingerprint density at radius 2 is 2.00 bits per heavy atom. The van der Waals surface area contributed by atoms with Gasteiger partial charge in [-0.3, -0.25) is 14.6 Å². The first kappa shape index (κ1) is 15.3. The molecule has 1 aliphatic rings. The second kappa shape index (κ2) is 5.71. The van der Waals surface area contributed by atoms with Crippen LogP contribution in [0.3, 0.4) is 0 Å². The minimum absolute atomic E-state index is 0.0287. The van der Waals surface area contributed by atoms with E-state index in [4.69, 9.17) is 5.11 Å². The van der Waals surface area contributed by atoms with Crippen molar-refractivity contribution in [2.75, 3.05) is 0 Å². The molecule has 0 saturated heterocycles. The number of hydrogen-bond donors (Lipinski definition) is 2. The van der Waals surface area contributed by atoms with E-state index in [0.717, 1.165) is 18.3 Å². The summed E-state index contributed by atoms with van der Waals surface area (Å²) in [5.41, 5.74) is -1.11. The van der Waals surface area contributed by atoms with Crippen LogP contribution in [0, 0.1) is 5.92 Å². The summed E-state index contributed by atoms with van der Waals surface area (Å²) in [6.07, 6.45) is -2.02. The number of hydrogen-bond acceptors (Lipinski definition) is 3. The van der Waals surface area contributed by atoms with Gasteiger partial charge in [-0.15, -0.1) is 0 Å². The number of carboxylic acid groups (broad SMARTS) is 1. The maximum atomic E-state index is 12.4. The van der Waals surface area contributed by atoms with E-state index in [2.05, 4.69) is 10.3 Å². The summed E-state index contributed by atoms with van der Waals surface area (Å²) in [4.78, 5) is 26.1. The maximum Gasteiger partial charge on any atom is 0.433 e. The average Bonchev–Trinajstić information content (AvgIpc) is 2.86. The van der Waals surface area contributed by atoms with Gasteiger partial charge < -0.3 is 10.4 Å². The Morgan fingerprint density at radius 3 is 2.52 bits per heavy atom. The molecule has 1 amide bonds. The lowest BCUT2D eigenvalue weighted by Crippen LogP contribution is -2.40. The van der Waals surface area contributed by atoms with Crippen LogP contribution in [-0.2, 0) is 11.0 Å². The molecule has 1 aromatic rings. The maximum absolute atomic E-state index is 12.4.